The molecule has 0 aliphatic rings. The highest BCUT2D eigenvalue weighted by atomic mass is 127. The molecule has 0 aromatic rings. The van der Waals surface area contributed by atoms with Crippen molar-refractivity contribution in [3.05, 3.63) is 0 Å². The molecule has 0 aromatic heterocycles. The Bertz CT molecular complexity index is 292. The van der Waals surface area contributed by atoms with E-state index in [-0.39, 0.29) is 0 Å². The summed E-state index contributed by atoms with van der Waals surface area (Å²) in [6, 6.07) is 0. The van der Waals surface area contributed by atoms with Gasteiger partial charge in [0.2, 0.25) is 0 Å². The molecule has 33 heavy (non-hydrogen) atoms. The van der Waals surface area contributed by atoms with E-state index in [0.717, 1.165) is 0 Å². The molecule has 0 heterocycles. The Morgan fingerprint density at radius 1 is 0.364 bits per heavy atom. The second-order valence-corrected chi connectivity index (χ2v) is 11.2. The maximum absolute atomic E-state index is 8.57. The van der Waals surface area contributed by atoms with E-state index >= 15 is 0 Å². The van der Waals surface area contributed by atoms with Crippen LogP contribution in [-0.2, 0) is 0 Å². The van der Waals surface area contributed by atoms with Crippen LogP contribution in [0.2, 0.25) is 0 Å². The molecule has 0 aliphatic heterocycles. The fourth-order valence-electron chi connectivity index (χ4n) is 4.87. The molecule has 0 fully saturated rings. The number of nitrogens with zero attached hydrogens (tertiary/aromatic N) is 1. The molecule has 0 spiro atoms. The Morgan fingerprint density at radius 2 is 0.545 bits per heavy atom. The van der Waals surface area contributed by atoms with Gasteiger partial charge in [0.05, 0.1) is 26.2 Å². The molecule has 0 saturated carbocycles. The van der Waals surface area contributed by atoms with E-state index in [1.807, 2.05) is 0 Å². The van der Waals surface area contributed by atoms with Crippen LogP contribution in [0, 0.1) is 0 Å². The van der Waals surface area contributed by atoms with E-state index in [1.165, 1.54) is 159 Å². The third-order valence-corrected chi connectivity index (χ3v) is 6.94. The first kappa shape index (κ1) is 35.7. The van der Waals surface area contributed by atoms with Gasteiger partial charge in [-0.15, -0.1) is 0 Å². The summed E-state index contributed by atoms with van der Waals surface area (Å²) in [6.45, 7) is 15.2. The number of quaternary nitrogens is 1. The molecule has 0 saturated heterocycles. The lowest BCUT2D eigenvalue weighted by Gasteiger charge is -2.39. The van der Waals surface area contributed by atoms with Crippen molar-refractivity contribution in [1.29, 1.82) is 0 Å². The highest BCUT2D eigenvalue weighted by Crippen LogP contribution is 2.20. The van der Waals surface area contributed by atoms with Gasteiger partial charge in [-0.1, -0.05) is 105 Å². The number of unbranched alkanes of at least 4 members (excludes halogenated alkanes) is 16. The van der Waals surface area contributed by atoms with E-state index in [4.69, 9.17) is 10.3 Å². The van der Waals surface area contributed by atoms with E-state index in [0.29, 0.717) is 0 Å². The molecule has 0 amide bonds. The minimum absolute atomic E-state index is 1.37. The summed E-state index contributed by atoms with van der Waals surface area (Å²) in [7, 11) is 0. The van der Waals surface area contributed by atoms with Crippen molar-refractivity contribution in [2.45, 2.75) is 156 Å². The lowest BCUT2D eigenvalue weighted by molar-refractivity contribution is -1.73. The van der Waals surface area contributed by atoms with E-state index in [2.05, 4.69) is 27.7 Å². The average molecular weight is 586 g/mol. The topological polar surface area (TPSA) is 69.2 Å². The summed E-state index contributed by atoms with van der Waals surface area (Å²) in [5.74, 6) is 0. The number of halogens is 1. The standard InChI is InChI=1S/C28H60N.IO3/c1-5-9-13-17-21-25-29(26-22-18-14-10-6-2,27-23-19-15-11-7-3)28-24-20-16-12-8-4;2-1(3)4/h5-28H2,1-4H3;/q+1;-1. The predicted octanol–water partition coefficient (Wildman–Crippen LogP) is 3.12. The van der Waals surface area contributed by atoms with Gasteiger partial charge in [-0.3, -0.25) is 0 Å². The summed E-state index contributed by atoms with van der Waals surface area (Å²) < 4.78 is 27.2. The van der Waals surface area contributed by atoms with Crippen LogP contribution in [0.25, 0.3) is 0 Å². The lowest BCUT2D eigenvalue weighted by Crippen LogP contribution is -4.05. The Labute approximate surface area is 217 Å². The minimum Gasteiger partial charge on any atom is -0.427 e. The van der Waals surface area contributed by atoms with Crippen LogP contribution in [0.15, 0.2) is 0 Å². The molecule has 0 atom stereocenters. The maximum atomic E-state index is 8.57. The van der Waals surface area contributed by atoms with Gasteiger partial charge in [0.15, 0.2) is 0 Å². The summed E-state index contributed by atoms with van der Waals surface area (Å²) in [5.41, 5.74) is 0. The first-order chi connectivity index (χ1) is 16.0. The molecule has 0 unspecified atom stereocenters. The zero-order valence-corrected chi connectivity index (χ0v) is 25.2. The Kier molecular flexibility index (Phi) is 31.2. The second kappa shape index (κ2) is 28.8. The average Bonchev–Trinajstić information content (AvgIpc) is 2.78. The zero-order chi connectivity index (χ0) is 25.0. The quantitative estimate of drug-likeness (QED) is 0.0994. The van der Waals surface area contributed by atoms with Gasteiger partial charge in [-0.2, -0.15) is 0 Å². The Balaban J connectivity index is 0. The molecule has 5 heteroatoms. The molecule has 4 nitrogen and oxygen atoms in total. The lowest BCUT2D eigenvalue weighted by atomic mass is 10.1. The van der Waals surface area contributed by atoms with Crippen LogP contribution in [-0.4, -0.2) is 30.7 Å². The molecule has 0 radical (unpaired) electrons. The fourth-order valence-corrected chi connectivity index (χ4v) is 4.87. The van der Waals surface area contributed by atoms with Crippen LogP contribution in [0.4, 0.5) is 0 Å². The summed E-state index contributed by atoms with van der Waals surface area (Å²) >= 11 is -4.01. The SMILES string of the molecule is CCCCCCC[N+](CCCCCCC)(CCCCCCC)CCCCCCC.[O-][I+2]([O-])[O-]. The first-order valence-electron chi connectivity index (χ1n) is 14.6. The first-order valence-corrected chi connectivity index (χ1v) is 17.2. The van der Waals surface area contributed by atoms with Crippen molar-refractivity contribution in [3.63, 3.8) is 0 Å². The van der Waals surface area contributed by atoms with Gasteiger partial charge in [0.1, 0.15) is 0 Å². The molecular formula is C28H60INO3. The molecule has 202 valence electrons. The van der Waals surface area contributed by atoms with E-state index in [9.17, 15) is 0 Å². The Morgan fingerprint density at radius 3 is 0.727 bits per heavy atom. The van der Waals surface area contributed by atoms with Crippen molar-refractivity contribution in [3.8, 4) is 0 Å². The van der Waals surface area contributed by atoms with Crippen molar-refractivity contribution >= 4 is 0 Å². The van der Waals surface area contributed by atoms with Gasteiger partial charge in [0, 0.05) is 0 Å². The van der Waals surface area contributed by atoms with Gasteiger partial charge in [-0.05, 0) is 51.4 Å². The van der Waals surface area contributed by atoms with Crippen molar-refractivity contribution < 1.29 is 35.9 Å². The third kappa shape index (κ3) is 28.7. The van der Waals surface area contributed by atoms with Gasteiger partial charge >= 0.3 is 0 Å². The van der Waals surface area contributed by atoms with Crippen molar-refractivity contribution in [1.82, 2.24) is 0 Å². The van der Waals surface area contributed by atoms with Crippen LogP contribution < -0.4 is 31.4 Å². The number of rotatable bonds is 24. The largest absolute Gasteiger partial charge is 0.427 e. The van der Waals surface area contributed by atoms with Gasteiger partial charge in [-0.25, -0.2) is 0 Å². The molecule has 0 bridgehead atoms. The number of hydrogen-bond acceptors (Lipinski definition) is 3. The molecular weight excluding hydrogens is 525 g/mol. The van der Waals surface area contributed by atoms with Crippen molar-refractivity contribution in [2.75, 3.05) is 26.2 Å². The monoisotopic (exact) mass is 585 g/mol. The Hall–Kier alpha value is 0.570. The van der Waals surface area contributed by atoms with Crippen LogP contribution in [0.5, 0.6) is 0 Å². The second-order valence-electron chi connectivity index (χ2n) is 10.1. The summed E-state index contributed by atoms with van der Waals surface area (Å²) in [5, 5.41) is 0. The zero-order valence-electron chi connectivity index (χ0n) is 23.0. The normalized spacial score (nSPS) is 11.6. The molecule has 0 aliphatic carbocycles. The van der Waals surface area contributed by atoms with Gasteiger partial charge < -0.3 is 14.8 Å². The third-order valence-electron chi connectivity index (χ3n) is 6.94. The highest BCUT2D eigenvalue weighted by Gasteiger charge is 2.25. The van der Waals surface area contributed by atoms with Crippen LogP contribution in [0.3, 0.4) is 0 Å². The fraction of sp³-hybridized carbons (Fsp3) is 1.00. The number of hydrogen-bond donors (Lipinski definition) is 0. The van der Waals surface area contributed by atoms with Crippen LogP contribution in [0.1, 0.15) is 156 Å². The van der Waals surface area contributed by atoms with Crippen molar-refractivity contribution in [2.24, 2.45) is 0 Å². The molecule has 0 N–H and O–H groups in total. The maximum Gasteiger partial charge on any atom is 0.282 e. The summed E-state index contributed by atoms with van der Waals surface area (Å²) in [6.07, 6.45) is 28.8. The molecule has 0 aromatic carbocycles. The smallest absolute Gasteiger partial charge is 0.282 e. The molecule has 0 rings (SSSR count). The summed E-state index contributed by atoms with van der Waals surface area (Å²) in [4.78, 5) is 0. The van der Waals surface area contributed by atoms with Gasteiger partial charge in [0.25, 0.3) is 21.1 Å². The van der Waals surface area contributed by atoms with Crippen LogP contribution >= 0.6 is 0 Å². The predicted molar refractivity (Wildman–Crippen MR) is 135 cm³/mol. The van der Waals surface area contributed by atoms with E-state index in [1.54, 1.807) is 0 Å². The van der Waals surface area contributed by atoms with E-state index < -0.39 is 21.1 Å². The minimum atomic E-state index is -4.01. The highest BCUT2D eigenvalue weighted by molar-refractivity contribution is 4.54.